The number of carbonyl (C=O) groups excluding carboxylic acids is 1. The largest absolute Gasteiger partial charge is 0.350 e. The van der Waals surface area contributed by atoms with Gasteiger partial charge in [0.05, 0.1) is 0 Å². The fourth-order valence-corrected chi connectivity index (χ4v) is 2.37. The first-order valence-corrected chi connectivity index (χ1v) is 6.82. The lowest BCUT2D eigenvalue weighted by molar-refractivity contribution is 0.0930. The highest BCUT2D eigenvalue weighted by Gasteiger charge is 2.19. The van der Waals surface area contributed by atoms with Crippen LogP contribution in [-0.2, 0) is 0 Å². The molecule has 104 valence electrons. The molecule has 0 saturated carbocycles. The minimum Gasteiger partial charge on any atom is -0.350 e. The van der Waals surface area contributed by atoms with Crippen LogP contribution < -0.4 is 5.32 Å². The zero-order valence-corrected chi connectivity index (χ0v) is 11.2. The van der Waals surface area contributed by atoms with Crippen molar-refractivity contribution in [1.82, 2.24) is 15.2 Å². The number of amides is 1. The molecule has 1 aromatic heterocycles. The average Bonchev–Trinajstić information content (AvgIpc) is 2.45. The van der Waals surface area contributed by atoms with Gasteiger partial charge in [-0.3, -0.25) is 4.79 Å². The number of hydrogen-bond acceptors (Lipinski definition) is 3. The van der Waals surface area contributed by atoms with Crippen molar-refractivity contribution >= 4 is 5.91 Å². The van der Waals surface area contributed by atoms with Crippen molar-refractivity contribution in [3.05, 3.63) is 29.8 Å². The summed E-state index contributed by atoms with van der Waals surface area (Å²) in [4.78, 5) is 17.8. The van der Waals surface area contributed by atoms with Gasteiger partial charge in [-0.1, -0.05) is 13.0 Å². The molecular weight excluding hydrogens is 245 g/mol. The summed E-state index contributed by atoms with van der Waals surface area (Å²) < 4.78 is 12.9. The molecule has 0 radical (unpaired) electrons. The molecule has 0 aliphatic carbocycles. The van der Waals surface area contributed by atoms with E-state index in [9.17, 15) is 9.18 Å². The standard InChI is InChI=1S/C14H20FN3O/c1-2-18-8-6-11(7-9-18)10-16-14(19)12-4-3-5-13(15)17-12/h3-5,11H,2,6-10H2,1H3,(H,16,19). The summed E-state index contributed by atoms with van der Waals surface area (Å²) in [6.45, 7) is 6.09. The smallest absolute Gasteiger partial charge is 0.270 e. The molecule has 1 N–H and O–H groups in total. The second-order valence-electron chi connectivity index (χ2n) is 4.93. The van der Waals surface area contributed by atoms with Crippen molar-refractivity contribution in [2.45, 2.75) is 19.8 Å². The van der Waals surface area contributed by atoms with Gasteiger partial charge in [-0.15, -0.1) is 0 Å². The molecule has 0 bridgehead atoms. The van der Waals surface area contributed by atoms with Crippen molar-refractivity contribution < 1.29 is 9.18 Å². The van der Waals surface area contributed by atoms with E-state index in [1.54, 1.807) is 0 Å². The van der Waals surface area contributed by atoms with Gasteiger partial charge >= 0.3 is 0 Å². The van der Waals surface area contributed by atoms with Gasteiger partial charge < -0.3 is 10.2 Å². The van der Waals surface area contributed by atoms with Crippen LogP contribution in [0.15, 0.2) is 18.2 Å². The SMILES string of the molecule is CCN1CCC(CNC(=O)c2cccc(F)n2)CC1. The van der Waals surface area contributed by atoms with E-state index in [1.807, 2.05) is 0 Å². The van der Waals surface area contributed by atoms with E-state index in [-0.39, 0.29) is 11.6 Å². The lowest BCUT2D eigenvalue weighted by Crippen LogP contribution is -2.38. The number of nitrogens with one attached hydrogen (secondary N) is 1. The lowest BCUT2D eigenvalue weighted by atomic mass is 9.97. The maximum Gasteiger partial charge on any atom is 0.270 e. The van der Waals surface area contributed by atoms with E-state index < -0.39 is 5.95 Å². The van der Waals surface area contributed by atoms with E-state index in [4.69, 9.17) is 0 Å². The van der Waals surface area contributed by atoms with Gasteiger partial charge in [0, 0.05) is 6.54 Å². The number of halogens is 1. The molecule has 1 fully saturated rings. The van der Waals surface area contributed by atoms with Crippen LogP contribution >= 0.6 is 0 Å². The summed E-state index contributed by atoms with van der Waals surface area (Å²) in [5.41, 5.74) is 0.144. The van der Waals surface area contributed by atoms with Crippen LogP contribution in [0.4, 0.5) is 4.39 Å². The van der Waals surface area contributed by atoms with E-state index in [0.717, 1.165) is 32.5 Å². The van der Waals surface area contributed by atoms with Crippen LogP contribution in [0, 0.1) is 11.9 Å². The zero-order valence-electron chi connectivity index (χ0n) is 11.2. The molecule has 1 aliphatic rings. The minimum atomic E-state index is -0.621. The van der Waals surface area contributed by atoms with Gasteiger partial charge in [0.25, 0.3) is 5.91 Å². The third-order valence-corrected chi connectivity index (χ3v) is 3.65. The normalized spacial score (nSPS) is 17.4. The maximum absolute atomic E-state index is 12.9. The molecule has 4 nitrogen and oxygen atoms in total. The Morgan fingerprint density at radius 2 is 2.21 bits per heavy atom. The molecule has 2 heterocycles. The van der Waals surface area contributed by atoms with Crippen molar-refractivity contribution in [2.75, 3.05) is 26.2 Å². The summed E-state index contributed by atoms with van der Waals surface area (Å²) in [5.74, 6) is -0.401. The Balaban J connectivity index is 1.78. The van der Waals surface area contributed by atoms with Crippen LogP contribution in [0.2, 0.25) is 0 Å². The van der Waals surface area contributed by atoms with Crippen LogP contribution in [-0.4, -0.2) is 42.0 Å². The number of pyridine rings is 1. The van der Waals surface area contributed by atoms with Crippen molar-refractivity contribution in [3.8, 4) is 0 Å². The molecule has 1 saturated heterocycles. The Kier molecular flexibility index (Phi) is 4.85. The van der Waals surface area contributed by atoms with Crippen LogP contribution in [0.1, 0.15) is 30.3 Å². The Bertz CT molecular complexity index is 430. The summed E-state index contributed by atoms with van der Waals surface area (Å²) >= 11 is 0. The number of nitrogens with zero attached hydrogens (tertiary/aromatic N) is 2. The Morgan fingerprint density at radius 1 is 1.47 bits per heavy atom. The monoisotopic (exact) mass is 265 g/mol. The Labute approximate surface area is 113 Å². The summed E-state index contributed by atoms with van der Waals surface area (Å²) in [6.07, 6.45) is 2.20. The van der Waals surface area contributed by atoms with E-state index in [2.05, 4.69) is 22.1 Å². The van der Waals surface area contributed by atoms with Gasteiger partial charge in [-0.05, 0) is 50.5 Å². The molecule has 5 heteroatoms. The quantitative estimate of drug-likeness (QED) is 0.843. The van der Waals surface area contributed by atoms with E-state index >= 15 is 0 Å². The summed E-state index contributed by atoms with van der Waals surface area (Å²) in [5, 5.41) is 2.84. The first kappa shape index (κ1) is 13.9. The fraction of sp³-hybridized carbons (Fsp3) is 0.571. The second kappa shape index (κ2) is 6.61. The summed E-state index contributed by atoms with van der Waals surface area (Å²) in [6, 6.07) is 4.26. The number of hydrogen-bond donors (Lipinski definition) is 1. The van der Waals surface area contributed by atoms with Crippen LogP contribution in [0.3, 0.4) is 0 Å². The van der Waals surface area contributed by atoms with Crippen molar-refractivity contribution in [1.29, 1.82) is 0 Å². The van der Waals surface area contributed by atoms with Gasteiger partial charge in [-0.2, -0.15) is 4.39 Å². The topological polar surface area (TPSA) is 45.2 Å². The van der Waals surface area contributed by atoms with Gasteiger partial charge in [0.2, 0.25) is 5.95 Å². The van der Waals surface area contributed by atoms with Gasteiger partial charge in [-0.25, -0.2) is 4.98 Å². The van der Waals surface area contributed by atoms with E-state index in [0.29, 0.717) is 12.5 Å². The van der Waals surface area contributed by atoms with Crippen LogP contribution in [0.5, 0.6) is 0 Å². The lowest BCUT2D eigenvalue weighted by Gasteiger charge is -2.30. The number of piperidine rings is 1. The molecule has 0 atom stereocenters. The molecule has 0 spiro atoms. The molecular formula is C14H20FN3O. The molecule has 19 heavy (non-hydrogen) atoms. The molecule has 0 unspecified atom stereocenters. The molecule has 1 amide bonds. The number of carbonyl (C=O) groups is 1. The molecule has 0 aromatic carbocycles. The summed E-state index contributed by atoms with van der Waals surface area (Å²) in [7, 11) is 0. The molecule has 2 rings (SSSR count). The highest BCUT2D eigenvalue weighted by atomic mass is 19.1. The van der Waals surface area contributed by atoms with Gasteiger partial charge in [0.1, 0.15) is 5.69 Å². The maximum atomic E-state index is 12.9. The third kappa shape index (κ3) is 3.99. The van der Waals surface area contributed by atoms with Gasteiger partial charge in [0.15, 0.2) is 0 Å². The highest BCUT2D eigenvalue weighted by Crippen LogP contribution is 2.15. The minimum absolute atomic E-state index is 0.144. The number of likely N-dealkylation sites (tertiary alicyclic amines) is 1. The number of rotatable bonds is 4. The highest BCUT2D eigenvalue weighted by molar-refractivity contribution is 5.92. The number of aromatic nitrogens is 1. The van der Waals surface area contributed by atoms with Crippen molar-refractivity contribution in [2.24, 2.45) is 5.92 Å². The Hall–Kier alpha value is -1.49. The fourth-order valence-electron chi connectivity index (χ4n) is 2.37. The average molecular weight is 265 g/mol. The Morgan fingerprint density at radius 3 is 2.84 bits per heavy atom. The predicted octanol–water partition coefficient (Wildman–Crippen LogP) is 1.68. The molecule has 1 aromatic rings. The third-order valence-electron chi connectivity index (χ3n) is 3.65. The molecule has 1 aliphatic heterocycles. The van der Waals surface area contributed by atoms with Crippen molar-refractivity contribution in [3.63, 3.8) is 0 Å². The second-order valence-corrected chi connectivity index (χ2v) is 4.93. The predicted molar refractivity (Wildman–Crippen MR) is 71.4 cm³/mol. The zero-order chi connectivity index (χ0) is 13.7. The van der Waals surface area contributed by atoms with E-state index in [1.165, 1.54) is 18.2 Å². The first-order valence-electron chi connectivity index (χ1n) is 6.82. The first-order chi connectivity index (χ1) is 9.19. The van der Waals surface area contributed by atoms with Crippen LogP contribution in [0.25, 0.3) is 0 Å².